The van der Waals surface area contributed by atoms with E-state index in [-0.39, 0.29) is 5.91 Å². The van der Waals surface area contributed by atoms with Crippen LogP contribution >= 0.6 is 27.5 Å². The molecule has 2 aromatic carbocycles. The van der Waals surface area contributed by atoms with Crippen molar-refractivity contribution >= 4 is 33.4 Å². The van der Waals surface area contributed by atoms with Crippen molar-refractivity contribution in [2.45, 2.75) is 20.4 Å². The Morgan fingerprint density at radius 2 is 2.04 bits per heavy atom. The SMILES string of the molecule is Cc1cc(-n2nnc(C(=O)NCc3cccc(Cl)c3)c2C)ccc1Br. The Labute approximate surface area is 159 Å². The van der Waals surface area contributed by atoms with Crippen LogP contribution in [0, 0.1) is 13.8 Å². The average Bonchev–Trinajstić information content (AvgIpc) is 2.97. The normalized spacial score (nSPS) is 10.7. The van der Waals surface area contributed by atoms with Crippen LogP contribution in [-0.2, 0) is 6.54 Å². The van der Waals surface area contributed by atoms with Gasteiger partial charge in [0.05, 0.1) is 11.4 Å². The first-order valence-corrected chi connectivity index (χ1v) is 8.84. The minimum absolute atomic E-state index is 0.266. The van der Waals surface area contributed by atoms with E-state index in [4.69, 9.17) is 11.6 Å². The summed E-state index contributed by atoms with van der Waals surface area (Å²) in [5, 5.41) is 11.6. The van der Waals surface area contributed by atoms with Crippen molar-refractivity contribution in [2.75, 3.05) is 0 Å². The molecule has 0 aliphatic carbocycles. The predicted octanol–water partition coefficient (Wildman–Crippen LogP) is 4.23. The van der Waals surface area contributed by atoms with E-state index in [9.17, 15) is 4.79 Å². The molecule has 0 unspecified atom stereocenters. The number of benzene rings is 2. The summed E-state index contributed by atoms with van der Waals surface area (Å²) in [5.74, 6) is -0.266. The van der Waals surface area contributed by atoms with E-state index in [1.807, 2.05) is 50.2 Å². The first-order chi connectivity index (χ1) is 12.0. The van der Waals surface area contributed by atoms with Gasteiger partial charge in [-0.05, 0) is 55.3 Å². The number of hydrogen-bond acceptors (Lipinski definition) is 3. The summed E-state index contributed by atoms with van der Waals surface area (Å²) in [4.78, 5) is 12.4. The smallest absolute Gasteiger partial charge is 0.274 e. The summed E-state index contributed by atoms with van der Waals surface area (Å²) in [6.07, 6.45) is 0. The fourth-order valence-electron chi connectivity index (χ4n) is 2.46. The van der Waals surface area contributed by atoms with Gasteiger partial charge in [-0.25, -0.2) is 4.68 Å². The van der Waals surface area contributed by atoms with Crippen LogP contribution in [0.3, 0.4) is 0 Å². The van der Waals surface area contributed by atoms with Crippen LogP contribution in [-0.4, -0.2) is 20.9 Å². The molecule has 25 heavy (non-hydrogen) atoms. The number of aromatic nitrogens is 3. The Morgan fingerprint density at radius 1 is 1.24 bits per heavy atom. The van der Waals surface area contributed by atoms with Gasteiger partial charge in [-0.2, -0.15) is 0 Å². The summed E-state index contributed by atoms with van der Waals surface area (Å²) in [6.45, 7) is 4.20. The van der Waals surface area contributed by atoms with Crippen molar-refractivity contribution in [3.8, 4) is 5.69 Å². The number of rotatable bonds is 4. The van der Waals surface area contributed by atoms with Gasteiger partial charge >= 0.3 is 0 Å². The quantitative estimate of drug-likeness (QED) is 0.688. The fraction of sp³-hybridized carbons (Fsp3) is 0.167. The highest BCUT2D eigenvalue weighted by Gasteiger charge is 2.17. The van der Waals surface area contributed by atoms with E-state index in [1.54, 1.807) is 10.7 Å². The minimum atomic E-state index is -0.266. The Balaban J connectivity index is 1.78. The van der Waals surface area contributed by atoms with Gasteiger partial charge in [0, 0.05) is 16.0 Å². The molecule has 0 saturated carbocycles. The zero-order valence-electron chi connectivity index (χ0n) is 13.8. The maximum Gasteiger partial charge on any atom is 0.274 e. The lowest BCUT2D eigenvalue weighted by Gasteiger charge is -2.07. The lowest BCUT2D eigenvalue weighted by atomic mass is 10.2. The van der Waals surface area contributed by atoms with E-state index in [2.05, 4.69) is 31.6 Å². The maximum absolute atomic E-state index is 12.4. The first-order valence-electron chi connectivity index (χ1n) is 7.67. The van der Waals surface area contributed by atoms with Crippen LogP contribution in [0.5, 0.6) is 0 Å². The highest BCUT2D eigenvalue weighted by molar-refractivity contribution is 9.10. The molecule has 0 bridgehead atoms. The summed E-state index contributed by atoms with van der Waals surface area (Å²) in [6, 6.07) is 13.2. The summed E-state index contributed by atoms with van der Waals surface area (Å²) >= 11 is 9.43. The molecule has 0 radical (unpaired) electrons. The fourth-order valence-corrected chi connectivity index (χ4v) is 2.92. The Hall–Kier alpha value is -2.18. The lowest BCUT2D eigenvalue weighted by Crippen LogP contribution is -2.24. The van der Waals surface area contributed by atoms with Crippen molar-refractivity contribution in [2.24, 2.45) is 0 Å². The number of nitrogens with one attached hydrogen (secondary N) is 1. The average molecular weight is 420 g/mol. The van der Waals surface area contributed by atoms with Crippen LogP contribution in [0.15, 0.2) is 46.9 Å². The number of nitrogens with zero attached hydrogens (tertiary/aromatic N) is 3. The van der Waals surface area contributed by atoms with Crippen molar-refractivity contribution in [1.82, 2.24) is 20.3 Å². The van der Waals surface area contributed by atoms with Gasteiger partial charge < -0.3 is 5.32 Å². The maximum atomic E-state index is 12.4. The molecular weight excluding hydrogens is 404 g/mol. The van der Waals surface area contributed by atoms with E-state index in [0.717, 1.165) is 21.3 Å². The van der Waals surface area contributed by atoms with Gasteiger partial charge in [0.2, 0.25) is 0 Å². The Morgan fingerprint density at radius 3 is 2.76 bits per heavy atom. The van der Waals surface area contributed by atoms with Crippen molar-refractivity contribution < 1.29 is 4.79 Å². The minimum Gasteiger partial charge on any atom is -0.347 e. The second-order valence-corrected chi connectivity index (χ2v) is 6.97. The van der Waals surface area contributed by atoms with Crippen LogP contribution < -0.4 is 5.32 Å². The summed E-state index contributed by atoms with van der Waals surface area (Å²) in [5.41, 5.74) is 3.86. The molecule has 1 heterocycles. The van der Waals surface area contributed by atoms with Gasteiger partial charge in [0.25, 0.3) is 5.91 Å². The third-order valence-electron chi connectivity index (χ3n) is 3.84. The summed E-state index contributed by atoms with van der Waals surface area (Å²) < 4.78 is 2.68. The zero-order chi connectivity index (χ0) is 18.0. The third kappa shape index (κ3) is 3.91. The van der Waals surface area contributed by atoms with E-state index in [0.29, 0.717) is 23.0 Å². The van der Waals surface area contributed by atoms with Gasteiger partial charge in [-0.15, -0.1) is 5.10 Å². The van der Waals surface area contributed by atoms with Gasteiger partial charge in [0.1, 0.15) is 0 Å². The van der Waals surface area contributed by atoms with Gasteiger partial charge in [-0.1, -0.05) is 44.9 Å². The predicted molar refractivity (Wildman–Crippen MR) is 101 cm³/mol. The largest absolute Gasteiger partial charge is 0.347 e. The standard InChI is InChI=1S/C18H16BrClN4O/c1-11-8-15(6-7-16(11)19)24-12(2)17(22-23-24)18(25)21-10-13-4-3-5-14(20)9-13/h3-9H,10H2,1-2H3,(H,21,25). The van der Waals surface area contributed by atoms with E-state index >= 15 is 0 Å². The molecule has 0 aliphatic rings. The number of hydrogen-bond donors (Lipinski definition) is 1. The molecule has 3 rings (SSSR count). The zero-order valence-corrected chi connectivity index (χ0v) is 16.1. The molecule has 1 amide bonds. The van der Waals surface area contributed by atoms with Crippen LogP contribution in [0.25, 0.3) is 5.69 Å². The number of carbonyl (C=O) groups excluding carboxylic acids is 1. The van der Waals surface area contributed by atoms with E-state index in [1.165, 1.54) is 0 Å². The molecule has 7 heteroatoms. The monoisotopic (exact) mass is 418 g/mol. The van der Waals surface area contributed by atoms with Crippen LogP contribution in [0.1, 0.15) is 27.3 Å². The van der Waals surface area contributed by atoms with Gasteiger partial charge in [-0.3, -0.25) is 4.79 Å². The number of carbonyl (C=O) groups is 1. The van der Waals surface area contributed by atoms with Crippen LogP contribution in [0.4, 0.5) is 0 Å². The van der Waals surface area contributed by atoms with Crippen molar-refractivity contribution in [3.63, 3.8) is 0 Å². The topological polar surface area (TPSA) is 59.8 Å². The molecule has 0 atom stereocenters. The highest BCUT2D eigenvalue weighted by atomic mass is 79.9. The second-order valence-electron chi connectivity index (χ2n) is 5.68. The van der Waals surface area contributed by atoms with Crippen molar-refractivity contribution in [3.05, 3.63) is 74.5 Å². The molecule has 128 valence electrons. The molecule has 3 aromatic rings. The van der Waals surface area contributed by atoms with Gasteiger partial charge in [0.15, 0.2) is 5.69 Å². The molecule has 1 aromatic heterocycles. The number of halogens is 2. The molecule has 5 nitrogen and oxygen atoms in total. The molecular formula is C18H16BrClN4O. The molecule has 0 spiro atoms. The lowest BCUT2D eigenvalue weighted by molar-refractivity contribution is 0.0945. The molecule has 0 fully saturated rings. The van der Waals surface area contributed by atoms with Crippen molar-refractivity contribution in [1.29, 1.82) is 0 Å². The molecule has 1 N–H and O–H groups in total. The summed E-state index contributed by atoms with van der Waals surface area (Å²) in [7, 11) is 0. The second kappa shape index (κ2) is 7.37. The van der Waals surface area contributed by atoms with Crippen LogP contribution in [0.2, 0.25) is 5.02 Å². The first kappa shape index (κ1) is 17.6. The third-order valence-corrected chi connectivity index (χ3v) is 4.96. The molecule has 0 saturated heterocycles. The highest BCUT2D eigenvalue weighted by Crippen LogP contribution is 2.20. The van der Waals surface area contributed by atoms with E-state index < -0.39 is 0 Å². The Kier molecular flexibility index (Phi) is 5.20. The number of aryl methyl sites for hydroxylation is 1. The Bertz CT molecular complexity index is 939. The molecule has 0 aliphatic heterocycles. The number of amides is 1.